The van der Waals surface area contributed by atoms with Gasteiger partial charge in [0.15, 0.2) is 5.79 Å². The number of allylic oxidation sites excluding steroid dienone is 4. The van der Waals surface area contributed by atoms with E-state index >= 15 is 0 Å². The molecule has 13 atom stereocenters. The summed E-state index contributed by atoms with van der Waals surface area (Å²) in [5, 5.41) is 33.8. The van der Waals surface area contributed by atoms with Gasteiger partial charge in [0.2, 0.25) is 0 Å². The van der Waals surface area contributed by atoms with Crippen molar-refractivity contribution in [1.82, 2.24) is 0 Å². The monoisotopic (exact) mass is 522 g/mol. The van der Waals surface area contributed by atoms with Crippen LogP contribution in [0.4, 0.5) is 0 Å². The Morgan fingerprint density at radius 1 is 1.08 bits per heavy atom. The number of methoxy groups -OCH3 is 1. The first kappa shape index (κ1) is 32.2. The standard InChI is InChI=1S/C31H54O6/c1-11-13-14-19(4)27(33)23(8)29-21(6)16-26(32)31(36-29)17-25(35-10)22(7)30(37-31)24(9)28(34)20(5)15-18(3)12-2/h11-14,19-30,32-34H,1,15-17H2,2-10H3/b14-13-,18-12+/t19-,20-,21-,22+,23-,24+,25+,26-,27-,28-,29-,30-,31+/m0/s1. The lowest BCUT2D eigenvalue weighted by atomic mass is 9.74. The van der Waals surface area contributed by atoms with Gasteiger partial charge < -0.3 is 29.5 Å². The minimum absolute atomic E-state index is 0.0102. The minimum atomic E-state index is -1.25. The first-order chi connectivity index (χ1) is 17.3. The zero-order valence-electron chi connectivity index (χ0n) is 24.6. The lowest BCUT2D eigenvalue weighted by Gasteiger charge is -2.56. The van der Waals surface area contributed by atoms with E-state index < -0.39 is 24.1 Å². The van der Waals surface area contributed by atoms with Crippen LogP contribution in [0.2, 0.25) is 0 Å². The van der Waals surface area contributed by atoms with Crippen molar-refractivity contribution in [2.45, 2.75) is 117 Å². The molecular weight excluding hydrogens is 468 g/mol. The molecule has 3 N–H and O–H groups in total. The van der Waals surface area contributed by atoms with E-state index in [1.165, 1.54) is 5.57 Å². The van der Waals surface area contributed by atoms with Crippen molar-refractivity contribution in [3.05, 3.63) is 36.5 Å². The second-order valence-electron chi connectivity index (χ2n) is 12.0. The number of aliphatic hydroxyl groups is 3. The molecule has 0 aromatic heterocycles. The van der Waals surface area contributed by atoms with Gasteiger partial charge in [-0.2, -0.15) is 0 Å². The van der Waals surface area contributed by atoms with Gasteiger partial charge in [-0.3, -0.25) is 0 Å². The summed E-state index contributed by atoms with van der Waals surface area (Å²) < 4.78 is 19.4. The molecular formula is C31H54O6. The van der Waals surface area contributed by atoms with E-state index in [0.29, 0.717) is 12.8 Å². The average Bonchev–Trinajstić information content (AvgIpc) is 2.88. The molecule has 37 heavy (non-hydrogen) atoms. The van der Waals surface area contributed by atoms with Crippen molar-refractivity contribution in [3.8, 4) is 0 Å². The van der Waals surface area contributed by atoms with E-state index in [4.69, 9.17) is 14.2 Å². The van der Waals surface area contributed by atoms with E-state index in [9.17, 15) is 15.3 Å². The number of hydrogen-bond donors (Lipinski definition) is 3. The van der Waals surface area contributed by atoms with Crippen LogP contribution < -0.4 is 0 Å². The molecule has 2 aliphatic heterocycles. The Balaban J connectivity index is 2.33. The van der Waals surface area contributed by atoms with Crippen molar-refractivity contribution in [2.75, 3.05) is 7.11 Å². The van der Waals surface area contributed by atoms with Crippen molar-refractivity contribution in [3.63, 3.8) is 0 Å². The highest BCUT2D eigenvalue weighted by molar-refractivity contribution is 5.04. The van der Waals surface area contributed by atoms with Gasteiger partial charge in [0.1, 0.15) is 6.10 Å². The molecule has 2 fully saturated rings. The molecule has 1 spiro atoms. The Morgan fingerprint density at radius 2 is 1.68 bits per heavy atom. The largest absolute Gasteiger partial charge is 0.392 e. The summed E-state index contributed by atoms with van der Waals surface area (Å²) in [4.78, 5) is 0. The first-order valence-electron chi connectivity index (χ1n) is 14.2. The number of aliphatic hydroxyl groups excluding tert-OH is 3. The minimum Gasteiger partial charge on any atom is -0.392 e. The fraction of sp³-hybridized carbons (Fsp3) is 0.806. The van der Waals surface area contributed by atoms with Crippen LogP contribution >= 0.6 is 0 Å². The number of hydrogen-bond acceptors (Lipinski definition) is 6. The lowest BCUT2D eigenvalue weighted by molar-refractivity contribution is -0.391. The van der Waals surface area contributed by atoms with Crippen LogP contribution in [0.3, 0.4) is 0 Å². The zero-order chi connectivity index (χ0) is 28.1. The van der Waals surface area contributed by atoms with Gasteiger partial charge in [-0.25, -0.2) is 0 Å². The van der Waals surface area contributed by atoms with Crippen LogP contribution in [-0.2, 0) is 14.2 Å². The third-order valence-corrected chi connectivity index (χ3v) is 9.15. The molecule has 2 rings (SSSR count). The smallest absolute Gasteiger partial charge is 0.197 e. The molecule has 2 heterocycles. The highest BCUT2D eigenvalue weighted by Gasteiger charge is 2.57. The summed E-state index contributed by atoms with van der Waals surface area (Å²) in [5.74, 6) is -1.59. The highest BCUT2D eigenvalue weighted by atomic mass is 16.7. The van der Waals surface area contributed by atoms with Gasteiger partial charge in [-0.15, -0.1) is 0 Å². The Labute approximate surface area is 225 Å². The SMILES string of the molecule is C=C/C=C\[C@H](C)[C@H](O)[C@H](C)[C@H]1O[C@@]2(C[C@@H](OC)[C@@H](C)[C@@H]([C@H](C)[C@@H](O)[C@@H](C)C/C(C)=C/C)O2)[C@@H](O)C[C@@H]1C. The second kappa shape index (κ2) is 13.9. The van der Waals surface area contributed by atoms with Crippen LogP contribution in [0.25, 0.3) is 0 Å². The van der Waals surface area contributed by atoms with Crippen molar-refractivity contribution < 1.29 is 29.5 Å². The maximum Gasteiger partial charge on any atom is 0.197 e. The lowest BCUT2D eigenvalue weighted by Crippen LogP contribution is -2.65. The third kappa shape index (κ3) is 7.34. The summed E-state index contributed by atoms with van der Waals surface area (Å²) in [5.41, 5.74) is 1.25. The molecule has 0 unspecified atom stereocenters. The van der Waals surface area contributed by atoms with Crippen LogP contribution in [0.5, 0.6) is 0 Å². The molecule has 0 aliphatic carbocycles. The Hall–Kier alpha value is -1.02. The van der Waals surface area contributed by atoms with Crippen molar-refractivity contribution >= 4 is 0 Å². The Morgan fingerprint density at radius 3 is 2.24 bits per heavy atom. The van der Waals surface area contributed by atoms with Crippen LogP contribution in [0, 0.1) is 35.5 Å². The van der Waals surface area contributed by atoms with Crippen LogP contribution in [-0.4, -0.2) is 64.8 Å². The summed E-state index contributed by atoms with van der Waals surface area (Å²) in [6.07, 6.45) is 6.41. The van der Waals surface area contributed by atoms with Gasteiger partial charge >= 0.3 is 0 Å². The van der Waals surface area contributed by atoms with Gasteiger partial charge in [0, 0.05) is 37.2 Å². The van der Waals surface area contributed by atoms with E-state index in [-0.39, 0.29) is 53.8 Å². The average molecular weight is 523 g/mol. The Kier molecular flexibility index (Phi) is 12.1. The predicted octanol–water partition coefficient (Wildman–Crippen LogP) is 5.27. The number of rotatable bonds is 11. The van der Waals surface area contributed by atoms with Gasteiger partial charge in [0.25, 0.3) is 0 Å². The summed E-state index contributed by atoms with van der Waals surface area (Å²) >= 11 is 0. The fourth-order valence-corrected chi connectivity index (χ4v) is 6.45. The Bertz CT molecular complexity index is 780. The van der Waals surface area contributed by atoms with Gasteiger partial charge in [0.05, 0.1) is 30.5 Å². The third-order valence-electron chi connectivity index (χ3n) is 9.15. The molecule has 0 radical (unpaired) electrons. The summed E-state index contributed by atoms with van der Waals surface area (Å²) in [7, 11) is 1.69. The molecule has 0 aromatic rings. The molecule has 0 aromatic carbocycles. The van der Waals surface area contributed by atoms with Crippen molar-refractivity contribution in [2.24, 2.45) is 35.5 Å². The molecule has 2 saturated heterocycles. The van der Waals surface area contributed by atoms with E-state index in [0.717, 1.165) is 6.42 Å². The van der Waals surface area contributed by atoms with Crippen molar-refractivity contribution in [1.29, 1.82) is 0 Å². The molecule has 0 amide bonds. The van der Waals surface area contributed by atoms with E-state index in [1.807, 2.05) is 39.8 Å². The second-order valence-corrected chi connectivity index (χ2v) is 12.0. The summed E-state index contributed by atoms with van der Waals surface area (Å²) in [6.45, 7) is 20.0. The normalized spacial score (nSPS) is 38.2. The number of ether oxygens (including phenoxy) is 3. The van der Waals surface area contributed by atoms with E-state index in [1.54, 1.807) is 13.2 Å². The molecule has 214 valence electrons. The molecule has 2 aliphatic rings. The molecule has 0 bridgehead atoms. The quantitative estimate of drug-likeness (QED) is 0.253. The van der Waals surface area contributed by atoms with Gasteiger partial charge in [-0.1, -0.05) is 78.0 Å². The molecule has 6 nitrogen and oxygen atoms in total. The zero-order valence-corrected chi connectivity index (χ0v) is 24.6. The van der Waals surface area contributed by atoms with Gasteiger partial charge in [-0.05, 0) is 38.5 Å². The van der Waals surface area contributed by atoms with E-state index in [2.05, 4.69) is 40.3 Å². The molecule has 0 saturated carbocycles. The first-order valence-corrected chi connectivity index (χ1v) is 14.2. The van der Waals surface area contributed by atoms with Crippen LogP contribution in [0.1, 0.15) is 74.7 Å². The predicted molar refractivity (Wildman–Crippen MR) is 149 cm³/mol. The summed E-state index contributed by atoms with van der Waals surface area (Å²) in [6, 6.07) is 0. The maximum atomic E-state index is 11.4. The highest BCUT2D eigenvalue weighted by Crippen LogP contribution is 2.47. The topological polar surface area (TPSA) is 88.4 Å². The fourth-order valence-electron chi connectivity index (χ4n) is 6.45. The van der Waals surface area contributed by atoms with Crippen LogP contribution in [0.15, 0.2) is 36.5 Å². The molecule has 6 heteroatoms. The maximum absolute atomic E-state index is 11.4.